The minimum absolute atomic E-state index is 0.0995. The average Bonchev–Trinajstić information content (AvgIpc) is 2.62. The van der Waals surface area contributed by atoms with E-state index in [0.717, 1.165) is 19.3 Å². The maximum absolute atomic E-state index is 9.85. The molecule has 0 saturated carbocycles. The molecule has 2 N–H and O–H groups in total. The van der Waals surface area contributed by atoms with Gasteiger partial charge in [-0.25, -0.2) is 0 Å². The van der Waals surface area contributed by atoms with Crippen LogP contribution in [0.25, 0.3) is 0 Å². The summed E-state index contributed by atoms with van der Waals surface area (Å²) in [4.78, 5) is 0. The van der Waals surface area contributed by atoms with Crippen LogP contribution < -0.4 is 0 Å². The van der Waals surface area contributed by atoms with Crippen LogP contribution >= 0.6 is 0 Å². The monoisotopic (exact) mass is 321 g/mol. The molecule has 23 heavy (non-hydrogen) atoms. The molecule has 0 rings (SSSR count). The summed E-state index contributed by atoms with van der Waals surface area (Å²) >= 11 is 0. The van der Waals surface area contributed by atoms with E-state index in [0.29, 0.717) is 12.8 Å². The molecule has 0 aromatic rings. The van der Waals surface area contributed by atoms with Crippen LogP contribution in [-0.2, 0) is 0 Å². The Morgan fingerprint density at radius 2 is 1.43 bits per heavy atom. The summed E-state index contributed by atoms with van der Waals surface area (Å²) in [6, 6.07) is -0.380. The van der Waals surface area contributed by atoms with Crippen LogP contribution in [0, 0.1) is 0 Å². The summed E-state index contributed by atoms with van der Waals surface area (Å²) < 4.78 is 23.4. The first kappa shape index (κ1) is 16.2. The molecule has 0 spiro atoms. The fourth-order valence-electron chi connectivity index (χ4n) is 1.60. The lowest BCUT2D eigenvalue weighted by Crippen LogP contribution is -1.98. The van der Waals surface area contributed by atoms with Crippen molar-refractivity contribution in [2.75, 3.05) is 0 Å². The highest BCUT2D eigenvalue weighted by atomic mass is 16.3. The zero-order valence-corrected chi connectivity index (χ0v) is 14.3. The Morgan fingerprint density at radius 1 is 0.870 bits per heavy atom. The van der Waals surface area contributed by atoms with E-state index in [1.165, 1.54) is 18.2 Å². The molecule has 2 nitrogen and oxygen atoms in total. The molecular weight excluding hydrogens is 284 g/mol. The summed E-state index contributed by atoms with van der Waals surface area (Å²) in [6.07, 6.45) is 17.4. The second kappa shape index (κ2) is 16.7. The quantitative estimate of drug-likeness (QED) is 0.391. The third-order valence-electron chi connectivity index (χ3n) is 2.81. The average molecular weight is 322 g/mol. The summed E-state index contributed by atoms with van der Waals surface area (Å²) in [5.74, 6) is 0. The van der Waals surface area contributed by atoms with Crippen molar-refractivity contribution >= 4 is 0 Å². The topological polar surface area (TPSA) is 40.5 Å². The molecule has 0 saturated heterocycles. The summed E-state index contributed by atoms with van der Waals surface area (Å²) in [6.45, 7) is 4.06. The molecule has 0 aromatic heterocycles. The lowest BCUT2D eigenvalue weighted by atomic mass is 10.2. The minimum atomic E-state index is -0.979. The van der Waals surface area contributed by atoms with E-state index in [9.17, 15) is 10.2 Å². The van der Waals surface area contributed by atoms with Gasteiger partial charge in [0, 0.05) is 0 Å². The Kier molecular flexibility index (Phi) is 11.8. The van der Waals surface area contributed by atoms with Crippen molar-refractivity contribution in [1.82, 2.24) is 0 Å². The SMILES string of the molecule is [2H]\C(=C/C([3H])=C([3H])\C=C\[C@@H](O)C/C=C\C/C=C\CC)[C@@H](O)C/C=C\CC. The Morgan fingerprint density at radius 3 is 2.17 bits per heavy atom. The molecule has 0 radical (unpaired) electrons. The number of aliphatic hydroxyl groups excluding tert-OH is 2. The largest absolute Gasteiger partial charge is 0.389 e. The maximum atomic E-state index is 9.85. The smallest absolute Gasteiger partial charge is 0.0758 e. The summed E-state index contributed by atoms with van der Waals surface area (Å²) in [5, 5.41) is 19.7. The zero-order valence-electron chi connectivity index (χ0n) is 17.3. The highest BCUT2D eigenvalue weighted by molar-refractivity contribution is 5.13. The van der Waals surface area contributed by atoms with E-state index in [1.807, 2.05) is 25.2 Å². The molecule has 0 unspecified atom stereocenters. The van der Waals surface area contributed by atoms with Crippen LogP contribution in [0.15, 0.2) is 72.8 Å². The van der Waals surface area contributed by atoms with Gasteiger partial charge in [0.2, 0.25) is 0 Å². The molecule has 2 atom stereocenters. The summed E-state index contributed by atoms with van der Waals surface area (Å²) in [7, 11) is 0. The lowest BCUT2D eigenvalue weighted by Gasteiger charge is -1.99. The number of allylic oxidation sites excluding steroid dienone is 8. The van der Waals surface area contributed by atoms with Crippen molar-refractivity contribution in [2.45, 2.75) is 58.2 Å². The van der Waals surface area contributed by atoms with Gasteiger partial charge in [0.15, 0.2) is 0 Å². The van der Waals surface area contributed by atoms with Gasteiger partial charge in [-0.05, 0) is 32.1 Å². The number of hydrogen-bond donors (Lipinski definition) is 2. The highest BCUT2D eigenvalue weighted by Crippen LogP contribution is 1.99. The van der Waals surface area contributed by atoms with Crippen molar-refractivity contribution in [2.24, 2.45) is 0 Å². The Bertz CT molecular complexity index is 558. The van der Waals surface area contributed by atoms with Gasteiger partial charge < -0.3 is 10.2 Å². The van der Waals surface area contributed by atoms with E-state index in [1.54, 1.807) is 6.08 Å². The van der Waals surface area contributed by atoms with Crippen LogP contribution in [0.1, 0.15) is 50.1 Å². The van der Waals surface area contributed by atoms with E-state index in [4.69, 9.17) is 4.11 Å². The van der Waals surface area contributed by atoms with Crippen molar-refractivity contribution in [1.29, 1.82) is 0 Å². The van der Waals surface area contributed by atoms with E-state index in [-0.39, 0.29) is 18.2 Å². The molecule has 0 aliphatic rings. The molecule has 0 bridgehead atoms. The third kappa shape index (κ3) is 16.6. The van der Waals surface area contributed by atoms with Crippen molar-refractivity contribution in [3.63, 3.8) is 0 Å². The van der Waals surface area contributed by atoms with E-state index < -0.39 is 12.2 Å². The van der Waals surface area contributed by atoms with Gasteiger partial charge in [0.05, 0.1) is 16.3 Å². The second-order valence-electron chi connectivity index (χ2n) is 4.98. The predicted octanol–water partition coefficient (Wildman–Crippen LogP) is 5.04. The number of hydrogen-bond acceptors (Lipinski definition) is 2. The van der Waals surface area contributed by atoms with Crippen LogP contribution in [0.3, 0.4) is 0 Å². The molecule has 0 aliphatic carbocycles. The molecule has 0 amide bonds. The molecular formula is C21H32O2. The Labute approximate surface area is 146 Å². The van der Waals surface area contributed by atoms with Gasteiger partial charge in [-0.3, -0.25) is 0 Å². The van der Waals surface area contributed by atoms with Crippen LogP contribution in [-0.4, -0.2) is 22.4 Å². The molecule has 2 heteroatoms. The number of aliphatic hydroxyl groups is 2. The highest BCUT2D eigenvalue weighted by Gasteiger charge is 1.93. The van der Waals surface area contributed by atoms with E-state index in [2.05, 4.69) is 19.1 Å². The van der Waals surface area contributed by atoms with Gasteiger partial charge >= 0.3 is 0 Å². The first-order valence-corrected chi connectivity index (χ1v) is 8.27. The zero-order chi connectivity index (χ0) is 19.8. The standard InChI is InChI=1S/C21H32O2/c1-3-5-7-8-9-13-17-21(23)19-15-11-10-14-18-20(22)16-12-6-4-2/h5-7,9-15,18-23H,3-4,8,16-17H2,1-2H3/b7-5-,11-10-,12-6-,13-9-,18-14+,19-15+/t20-,21-/m0/s1/i10T,11T,18D. The van der Waals surface area contributed by atoms with Crippen molar-refractivity contribution in [3.8, 4) is 0 Å². The van der Waals surface area contributed by atoms with Crippen LogP contribution in [0.5, 0.6) is 0 Å². The minimum Gasteiger partial charge on any atom is -0.389 e. The van der Waals surface area contributed by atoms with Crippen molar-refractivity contribution in [3.05, 3.63) is 72.8 Å². The molecule has 0 heterocycles. The molecule has 0 fully saturated rings. The second-order valence-corrected chi connectivity index (χ2v) is 4.98. The normalized spacial score (nSPS) is 19.3. The van der Waals surface area contributed by atoms with Gasteiger partial charge in [-0.1, -0.05) is 86.7 Å². The summed E-state index contributed by atoms with van der Waals surface area (Å²) in [5.41, 5.74) is 0. The third-order valence-corrected chi connectivity index (χ3v) is 2.81. The van der Waals surface area contributed by atoms with Gasteiger partial charge in [0.25, 0.3) is 0 Å². The Balaban J connectivity index is 4.60. The molecule has 0 aliphatic heterocycles. The fourth-order valence-corrected chi connectivity index (χ4v) is 1.60. The predicted molar refractivity (Wildman–Crippen MR) is 101 cm³/mol. The van der Waals surface area contributed by atoms with Crippen LogP contribution in [0.4, 0.5) is 0 Å². The number of rotatable bonds is 12. The van der Waals surface area contributed by atoms with Gasteiger partial charge in [-0.2, -0.15) is 0 Å². The van der Waals surface area contributed by atoms with Gasteiger partial charge in [-0.15, -0.1) is 0 Å². The molecule has 0 aromatic carbocycles. The molecule has 128 valence electrons. The van der Waals surface area contributed by atoms with Crippen molar-refractivity contribution < 1.29 is 14.3 Å². The van der Waals surface area contributed by atoms with E-state index >= 15 is 0 Å². The first-order valence-electron chi connectivity index (χ1n) is 9.77. The Hall–Kier alpha value is -1.64. The fraction of sp³-hybridized carbons (Fsp3) is 0.429. The first-order chi connectivity index (χ1) is 12.4. The lowest BCUT2D eigenvalue weighted by molar-refractivity contribution is 0.226. The maximum Gasteiger partial charge on any atom is 0.0758 e. The van der Waals surface area contributed by atoms with Crippen LogP contribution in [0.2, 0.25) is 0 Å². The van der Waals surface area contributed by atoms with Gasteiger partial charge in [0.1, 0.15) is 0 Å².